The fraction of sp³-hybridized carbons (Fsp3) is 0.831. The van der Waals surface area contributed by atoms with Gasteiger partial charge in [-0.1, -0.05) is 52.4 Å². The minimum atomic E-state index is -5.18. The van der Waals surface area contributed by atoms with E-state index >= 15 is 28.0 Å². The highest BCUT2D eigenvalue weighted by Gasteiger charge is 2.56. The lowest BCUT2D eigenvalue weighted by Gasteiger charge is -2.43. The maximum atomic E-state index is 16.2. The number of fused-ring (bicyclic) bond motifs is 1. The summed E-state index contributed by atoms with van der Waals surface area (Å²) >= 11 is 6.31. The third-order valence-corrected chi connectivity index (χ3v) is 23.9. The Morgan fingerprint density at radius 1 is 0.611 bits per heavy atom. The summed E-state index contributed by atoms with van der Waals surface area (Å²) in [5.41, 5.74) is -1.98. The third kappa shape index (κ3) is 22.5. The van der Waals surface area contributed by atoms with E-state index in [0.29, 0.717) is 41.9 Å². The average molecular weight is 1580 g/mol. The van der Waals surface area contributed by atoms with Crippen molar-refractivity contribution in [3.63, 3.8) is 0 Å². The summed E-state index contributed by atoms with van der Waals surface area (Å²) in [6.07, 6.45) is -18.4. The number of alkyl halides is 12. The Labute approximate surface area is 627 Å². The lowest BCUT2D eigenvalue weighted by Crippen LogP contribution is -2.65. The standard InChI is InChI=1S/C71H106ClF11N12O13/c1-10-41(2)57-64(105)89(5)38-55(98)87(3)39-56(99)90(6)49(33-43-18-22-45(23-19-43)70(78,79)80)62(103)88(4)37-53(96)84-48(25-21-42-20-24-46(47(72)32-42)71(81,82)83)61(102)95-40-68(73,74)35-52(95)60(101)86-67(26-14-15-27-67)66(107)93(9)58(44-16-12-11-13-17-44)65(106)92(8)50(63(104)94-28-30-108-31-29-94)34-54(97)91(7)51(59(100)85-57)36-69(75,76)77/h41-52,57-58H,10-40H2,1-9H3,(H,84,96)(H,85,100)(H,86,101)/t41-,42?,43?,45?,46?,47?,48-,49-,50-,51-,52-,57-,58-/m0/s1. The fourth-order valence-electron chi connectivity index (χ4n) is 16.5. The summed E-state index contributed by atoms with van der Waals surface area (Å²) in [4.78, 5) is 186. The van der Waals surface area contributed by atoms with Gasteiger partial charge >= 0.3 is 18.5 Å². The zero-order valence-electron chi connectivity index (χ0n) is 62.9. The van der Waals surface area contributed by atoms with Gasteiger partial charge < -0.3 is 64.8 Å². The Morgan fingerprint density at radius 3 is 1.77 bits per heavy atom. The largest absolute Gasteiger partial charge is 0.393 e. The van der Waals surface area contributed by atoms with Gasteiger partial charge in [-0.15, -0.1) is 11.6 Å². The molecule has 612 valence electrons. The summed E-state index contributed by atoms with van der Waals surface area (Å²) in [5.74, 6) is -23.2. The molecule has 0 aromatic heterocycles. The van der Waals surface area contributed by atoms with Crippen LogP contribution >= 0.6 is 11.6 Å². The number of rotatable bonds is 10. The summed E-state index contributed by atoms with van der Waals surface area (Å²) in [6.45, 7) is -1.14. The minimum Gasteiger partial charge on any atom is -0.378 e. The molecule has 25 nitrogen and oxygen atoms in total. The highest BCUT2D eigenvalue weighted by atomic mass is 35.5. The van der Waals surface area contributed by atoms with Gasteiger partial charge in [-0.3, -0.25) is 57.5 Å². The Hall–Kier alpha value is -6.88. The minimum absolute atomic E-state index is 0.000795. The molecule has 3 aliphatic heterocycles. The maximum Gasteiger partial charge on any atom is 0.393 e. The second kappa shape index (κ2) is 37.0. The Balaban J connectivity index is 1.31. The predicted octanol–water partition coefficient (Wildman–Crippen LogP) is 6.27. The number of morpholine rings is 1. The average Bonchev–Trinajstić information content (AvgIpc) is 1.53. The van der Waals surface area contributed by atoms with E-state index < -0.39 is 242 Å². The lowest BCUT2D eigenvalue weighted by atomic mass is 9.78. The van der Waals surface area contributed by atoms with E-state index in [9.17, 15) is 77.9 Å². The number of ether oxygens (including phenoxy) is 1. The van der Waals surface area contributed by atoms with Crippen molar-refractivity contribution >= 4 is 82.5 Å². The fourth-order valence-corrected chi connectivity index (χ4v) is 17.0. The molecule has 7 aliphatic rings. The topological polar surface area (TPSA) is 279 Å². The van der Waals surface area contributed by atoms with Gasteiger partial charge in [-0.25, -0.2) is 8.78 Å². The van der Waals surface area contributed by atoms with Crippen molar-refractivity contribution in [3.8, 4) is 0 Å². The highest BCUT2D eigenvalue weighted by molar-refractivity contribution is 6.21. The van der Waals surface area contributed by atoms with Gasteiger partial charge in [0.05, 0.1) is 64.1 Å². The molecule has 1 spiro atoms. The molecule has 37 heteroatoms. The van der Waals surface area contributed by atoms with Crippen LogP contribution in [0.2, 0.25) is 0 Å². The van der Waals surface area contributed by atoms with Gasteiger partial charge in [0.1, 0.15) is 47.8 Å². The first-order valence-electron chi connectivity index (χ1n) is 37.4. The van der Waals surface area contributed by atoms with Crippen LogP contribution in [-0.2, 0) is 62.3 Å². The van der Waals surface area contributed by atoms with Gasteiger partial charge in [0.2, 0.25) is 70.9 Å². The molecule has 7 fully saturated rings. The normalized spacial score (nSPS) is 30.8. The highest BCUT2D eigenvalue weighted by Crippen LogP contribution is 2.45. The molecule has 0 aromatic rings. The monoisotopic (exact) mass is 1580 g/mol. The molecule has 0 aromatic carbocycles. The molecule has 3 heterocycles. The molecule has 11 atom stereocenters. The molecule has 0 bridgehead atoms. The second-order valence-corrected chi connectivity index (χ2v) is 31.7. The summed E-state index contributed by atoms with van der Waals surface area (Å²) in [5, 5.41) is 6.11. The van der Waals surface area contributed by atoms with Crippen LogP contribution in [0, 0.1) is 35.5 Å². The molecule has 7 rings (SSSR count). The first kappa shape index (κ1) is 88.3. The molecule has 108 heavy (non-hydrogen) atoms. The quantitative estimate of drug-likeness (QED) is 0.161. The van der Waals surface area contributed by atoms with Gasteiger partial charge in [-0.05, 0) is 114 Å². The molecule has 4 aliphatic carbocycles. The second-order valence-electron chi connectivity index (χ2n) is 31.1. The molecule has 0 radical (unpaired) electrons. The van der Waals surface area contributed by atoms with Gasteiger partial charge in [0, 0.05) is 74.2 Å². The molecule has 4 saturated carbocycles. The first-order chi connectivity index (χ1) is 50.3. The van der Waals surface area contributed by atoms with Crippen LogP contribution < -0.4 is 16.0 Å². The van der Waals surface area contributed by atoms with E-state index in [4.69, 9.17) is 16.3 Å². The van der Waals surface area contributed by atoms with Crippen molar-refractivity contribution in [1.29, 1.82) is 0 Å². The van der Waals surface area contributed by atoms with Crippen molar-refractivity contribution in [2.24, 2.45) is 35.5 Å². The Bertz CT molecular complexity index is 3220. The van der Waals surface area contributed by atoms with E-state index in [0.717, 1.165) is 71.7 Å². The summed E-state index contributed by atoms with van der Waals surface area (Å²) in [7, 11) is 7.82. The third-order valence-electron chi connectivity index (χ3n) is 23.4. The van der Waals surface area contributed by atoms with Crippen molar-refractivity contribution in [2.45, 2.75) is 239 Å². The lowest BCUT2D eigenvalue weighted by molar-refractivity contribution is -0.184. The first-order valence-corrected chi connectivity index (χ1v) is 37.8. The van der Waals surface area contributed by atoms with Gasteiger partial charge in [0.25, 0.3) is 5.92 Å². The van der Waals surface area contributed by atoms with Crippen LogP contribution in [0.15, 0.2) is 0 Å². The van der Waals surface area contributed by atoms with Crippen molar-refractivity contribution < 1.29 is 111 Å². The number of nitrogens with zero attached hydrogens (tertiary/aromatic N) is 9. The van der Waals surface area contributed by atoms with Gasteiger partial charge in [-0.2, -0.15) is 39.5 Å². The van der Waals surface area contributed by atoms with E-state index in [-0.39, 0.29) is 110 Å². The molecule has 3 saturated heterocycles. The SMILES string of the molecule is CC[C@H](C)[C@@H]1NC(=O)[C@H](CC(F)(F)F)N(C)C(=O)C[C@@H](C(=O)N2CCOCC2)N(C)C(=O)[C@H](C2CCCCC2)N(C)C(=O)C2(CCCC2)NC(=O)[C@@H]2CC(F)(F)CN2C(=O)[C@H](CCC2CCC(C(F)(F)F)C(Cl)C2)NC(=O)CN(C)C(=O)[C@H](CC2CCC(C(F)(F)F)CC2)N(C)C(=O)CN(C)C(=O)CN(C)C1=O. The van der Waals surface area contributed by atoms with E-state index in [1.54, 1.807) is 6.92 Å². The van der Waals surface area contributed by atoms with Crippen LogP contribution in [-0.4, -0.2) is 294 Å². The number of hydrogen-bond donors (Lipinski definition) is 3. The molecular formula is C71H106ClF11N12O13. The zero-order chi connectivity index (χ0) is 80.5. The summed E-state index contributed by atoms with van der Waals surface area (Å²) in [6, 6.07) is -13.0. The number of halogens is 12. The molecule has 3 N–H and O–H groups in total. The van der Waals surface area contributed by atoms with Crippen LogP contribution in [0.25, 0.3) is 0 Å². The van der Waals surface area contributed by atoms with Crippen LogP contribution in [0.5, 0.6) is 0 Å². The number of carbonyl (C=O) groups excluding carboxylic acids is 12. The van der Waals surface area contributed by atoms with E-state index in [1.165, 1.54) is 18.9 Å². The van der Waals surface area contributed by atoms with E-state index in [2.05, 4.69) is 16.0 Å². The van der Waals surface area contributed by atoms with Crippen molar-refractivity contribution in [3.05, 3.63) is 0 Å². The maximum absolute atomic E-state index is 16.2. The van der Waals surface area contributed by atoms with Gasteiger partial charge in [0.15, 0.2) is 0 Å². The molecular weight excluding hydrogens is 1470 g/mol. The van der Waals surface area contributed by atoms with Crippen LogP contribution in [0.3, 0.4) is 0 Å². The molecule has 12 amide bonds. The number of carbonyl (C=O) groups is 12. The van der Waals surface area contributed by atoms with Crippen molar-refractivity contribution in [2.75, 3.05) is 102 Å². The number of likely N-dealkylation sites (N-methyl/N-ethyl adjacent to an activating group) is 7. The zero-order valence-corrected chi connectivity index (χ0v) is 63.6. The number of amides is 12. The smallest absolute Gasteiger partial charge is 0.378 e. The van der Waals surface area contributed by atoms with E-state index in [1.807, 2.05) is 0 Å². The summed E-state index contributed by atoms with van der Waals surface area (Å²) < 4.78 is 166. The Kier molecular flexibility index (Phi) is 30.2. The number of nitrogens with one attached hydrogen (secondary N) is 3. The van der Waals surface area contributed by atoms with Crippen LogP contribution in [0.4, 0.5) is 48.3 Å². The number of hydrogen-bond acceptors (Lipinski definition) is 13. The van der Waals surface area contributed by atoms with Crippen molar-refractivity contribution in [1.82, 2.24) is 60.0 Å². The van der Waals surface area contributed by atoms with Crippen LogP contribution in [0.1, 0.15) is 162 Å². The predicted molar refractivity (Wildman–Crippen MR) is 368 cm³/mol. The molecule has 3 unspecified atom stereocenters. The Morgan fingerprint density at radius 2 is 1.19 bits per heavy atom.